The molecule has 0 amide bonds. The highest BCUT2D eigenvalue weighted by atomic mass is 16.5. The van der Waals surface area contributed by atoms with Gasteiger partial charge >= 0.3 is 0 Å². The van der Waals surface area contributed by atoms with Gasteiger partial charge in [-0.3, -0.25) is 4.98 Å². The average Bonchev–Trinajstić information content (AvgIpc) is 2.34. The summed E-state index contributed by atoms with van der Waals surface area (Å²) in [6.45, 7) is 5.89. The zero-order valence-electron chi connectivity index (χ0n) is 11.1. The van der Waals surface area contributed by atoms with E-state index in [1.807, 2.05) is 6.92 Å². The summed E-state index contributed by atoms with van der Waals surface area (Å²) in [4.78, 5) is 8.66. The number of rotatable bonds is 7. The van der Waals surface area contributed by atoms with Gasteiger partial charge in [-0.05, 0) is 26.2 Å². The first-order valence-electron chi connectivity index (χ1n) is 6.75. The Kier molecular flexibility index (Phi) is 4.75. The molecule has 2 rings (SSSR count). The van der Waals surface area contributed by atoms with E-state index in [2.05, 4.69) is 27.5 Å². The zero-order valence-corrected chi connectivity index (χ0v) is 11.1. The van der Waals surface area contributed by atoms with Crippen molar-refractivity contribution in [1.82, 2.24) is 9.97 Å². The molecule has 1 saturated carbocycles. The lowest BCUT2D eigenvalue weighted by molar-refractivity contribution is 0.00292. The molecule has 5 heteroatoms. The topological polar surface area (TPSA) is 59.1 Å². The summed E-state index contributed by atoms with van der Waals surface area (Å²) in [6.07, 6.45) is 7.14. The van der Waals surface area contributed by atoms with Crippen LogP contribution in [0.4, 0.5) is 11.6 Å². The molecular weight excluding hydrogens is 228 g/mol. The van der Waals surface area contributed by atoms with Crippen LogP contribution in [0.25, 0.3) is 0 Å². The van der Waals surface area contributed by atoms with Gasteiger partial charge in [0.05, 0.1) is 18.5 Å². The molecule has 0 unspecified atom stereocenters. The highest BCUT2D eigenvalue weighted by molar-refractivity contribution is 5.42. The molecule has 1 fully saturated rings. The maximum atomic E-state index is 5.53. The van der Waals surface area contributed by atoms with E-state index in [1.165, 1.54) is 0 Å². The van der Waals surface area contributed by atoms with E-state index in [4.69, 9.17) is 4.74 Å². The van der Waals surface area contributed by atoms with Gasteiger partial charge in [0.15, 0.2) is 0 Å². The first-order valence-corrected chi connectivity index (χ1v) is 6.75. The van der Waals surface area contributed by atoms with Crippen LogP contribution in [0, 0.1) is 0 Å². The molecule has 18 heavy (non-hydrogen) atoms. The van der Waals surface area contributed by atoms with Crippen LogP contribution < -0.4 is 10.6 Å². The lowest BCUT2D eigenvalue weighted by atomic mass is 9.89. The average molecular weight is 250 g/mol. The Bertz CT molecular complexity index is 366. The third kappa shape index (κ3) is 3.57. The van der Waals surface area contributed by atoms with E-state index in [0.29, 0.717) is 12.1 Å². The minimum absolute atomic E-state index is 0.418. The van der Waals surface area contributed by atoms with Crippen molar-refractivity contribution >= 4 is 11.6 Å². The van der Waals surface area contributed by atoms with Gasteiger partial charge in [0, 0.05) is 19.2 Å². The second kappa shape index (κ2) is 6.54. The molecule has 100 valence electrons. The lowest BCUT2D eigenvalue weighted by Gasteiger charge is -2.35. The van der Waals surface area contributed by atoms with Crippen molar-refractivity contribution in [3.05, 3.63) is 12.4 Å². The van der Waals surface area contributed by atoms with Gasteiger partial charge in [0.1, 0.15) is 11.6 Å². The number of ether oxygens (including phenoxy) is 1. The molecule has 0 bridgehead atoms. The largest absolute Gasteiger partial charge is 0.378 e. The smallest absolute Gasteiger partial charge is 0.147 e. The number of hydrogen-bond donors (Lipinski definition) is 2. The van der Waals surface area contributed by atoms with Gasteiger partial charge in [0.2, 0.25) is 0 Å². The fourth-order valence-electron chi connectivity index (χ4n) is 2.04. The first-order chi connectivity index (χ1) is 8.81. The summed E-state index contributed by atoms with van der Waals surface area (Å²) in [5, 5.41) is 6.62. The molecule has 1 aromatic rings. The monoisotopic (exact) mass is 250 g/mol. The Morgan fingerprint density at radius 1 is 1.28 bits per heavy atom. The highest BCUT2D eigenvalue weighted by Gasteiger charge is 2.29. The van der Waals surface area contributed by atoms with Crippen LogP contribution in [0.3, 0.4) is 0 Å². The maximum absolute atomic E-state index is 5.53. The van der Waals surface area contributed by atoms with Gasteiger partial charge in [-0.1, -0.05) is 6.92 Å². The summed E-state index contributed by atoms with van der Waals surface area (Å²) < 4.78 is 5.53. The van der Waals surface area contributed by atoms with E-state index in [1.54, 1.807) is 12.4 Å². The molecule has 0 aliphatic heterocycles. The maximum Gasteiger partial charge on any atom is 0.147 e. The normalized spacial score (nSPS) is 22.3. The molecule has 1 heterocycles. The number of nitrogens with one attached hydrogen (secondary N) is 2. The van der Waals surface area contributed by atoms with Crippen LogP contribution in [0.2, 0.25) is 0 Å². The Labute approximate surface area is 108 Å². The van der Waals surface area contributed by atoms with Crippen molar-refractivity contribution in [2.24, 2.45) is 0 Å². The van der Waals surface area contributed by atoms with Crippen molar-refractivity contribution in [3.8, 4) is 0 Å². The molecular formula is C13H22N4O. The molecule has 0 saturated heterocycles. The fraction of sp³-hybridized carbons (Fsp3) is 0.692. The predicted molar refractivity (Wildman–Crippen MR) is 72.9 cm³/mol. The van der Waals surface area contributed by atoms with Crippen molar-refractivity contribution in [3.63, 3.8) is 0 Å². The first kappa shape index (κ1) is 13.1. The quantitative estimate of drug-likeness (QED) is 0.777. The van der Waals surface area contributed by atoms with E-state index >= 15 is 0 Å². The van der Waals surface area contributed by atoms with Crippen molar-refractivity contribution < 1.29 is 4.74 Å². The van der Waals surface area contributed by atoms with E-state index in [-0.39, 0.29) is 0 Å². The van der Waals surface area contributed by atoms with Gasteiger partial charge in [-0.2, -0.15) is 0 Å². The standard InChI is InChI=1S/C13H22N4O/c1-3-5-15-12-8-14-9-13(17-12)16-10-6-11(7-10)18-4-2/h8-11H,3-7H2,1-2H3,(H2,15,16,17). The molecule has 0 spiro atoms. The Morgan fingerprint density at radius 3 is 2.78 bits per heavy atom. The summed E-state index contributed by atoms with van der Waals surface area (Å²) >= 11 is 0. The van der Waals surface area contributed by atoms with E-state index in [9.17, 15) is 0 Å². The van der Waals surface area contributed by atoms with Crippen LogP contribution in [0.15, 0.2) is 12.4 Å². The second-order valence-electron chi connectivity index (χ2n) is 4.61. The number of aromatic nitrogens is 2. The lowest BCUT2D eigenvalue weighted by Crippen LogP contribution is -2.41. The minimum atomic E-state index is 0.418. The number of nitrogens with zero attached hydrogens (tertiary/aromatic N) is 2. The van der Waals surface area contributed by atoms with Crippen molar-refractivity contribution in [2.75, 3.05) is 23.8 Å². The Hall–Kier alpha value is -1.36. The van der Waals surface area contributed by atoms with E-state index in [0.717, 1.165) is 44.0 Å². The fourth-order valence-corrected chi connectivity index (χ4v) is 2.04. The molecule has 0 atom stereocenters. The molecule has 1 aliphatic carbocycles. The van der Waals surface area contributed by atoms with Crippen molar-refractivity contribution in [1.29, 1.82) is 0 Å². The zero-order chi connectivity index (χ0) is 12.8. The van der Waals surface area contributed by atoms with Gasteiger partial charge in [-0.15, -0.1) is 0 Å². The second-order valence-corrected chi connectivity index (χ2v) is 4.61. The van der Waals surface area contributed by atoms with Gasteiger partial charge in [0.25, 0.3) is 0 Å². The molecule has 1 aliphatic rings. The molecule has 1 aromatic heterocycles. The number of hydrogen-bond acceptors (Lipinski definition) is 5. The van der Waals surface area contributed by atoms with Gasteiger partial charge < -0.3 is 15.4 Å². The SMILES string of the molecule is CCCNc1cncc(NC2CC(OCC)C2)n1. The molecule has 0 aromatic carbocycles. The van der Waals surface area contributed by atoms with Crippen LogP contribution in [0.1, 0.15) is 33.1 Å². The molecule has 5 nitrogen and oxygen atoms in total. The summed E-state index contributed by atoms with van der Waals surface area (Å²) in [5.74, 6) is 1.68. The summed E-state index contributed by atoms with van der Waals surface area (Å²) in [5.41, 5.74) is 0. The van der Waals surface area contributed by atoms with Crippen LogP contribution in [-0.4, -0.2) is 35.3 Å². The highest BCUT2D eigenvalue weighted by Crippen LogP contribution is 2.26. The van der Waals surface area contributed by atoms with Crippen LogP contribution >= 0.6 is 0 Å². The minimum Gasteiger partial charge on any atom is -0.378 e. The van der Waals surface area contributed by atoms with Crippen molar-refractivity contribution in [2.45, 2.75) is 45.3 Å². The number of anilines is 2. The van der Waals surface area contributed by atoms with E-state index < -0.39 is 0 Å². The Morgan fingerprint density at radius 2 is 2.06 bits per heavy atom. The van der Waals surface area contributed by atoms with Gasteiger partial charge in [-0.25, -0.2) is 4.98 Å². The molecule has 0 radical (unpaired) electrons. The predicted octanol–water partition coefficient (Wildman–Crippen LogP) is 2.28. The summed E-state index contributed by atoms with van der Waals surface area (Å²) in [7, 11) is 0. The van der Waals surface area contributed by atoms with Crippen LogP contribution in [-0.2, 0) is 4.74 Å². The third-order valence-electron chi connectivity index (χ3n) is 3.04. The Balaban J connectivity index is 1.79. The molecule has 2 N–H and O–H groups in total. The van der Waals surface area contributed by atoms with Crippen LogP contribution in [0.5, 0.6) is 0 Å². The third-order valence-corrected chi connectivity index (χ3v) is 3.04. The summed E-state index contributed by atoms with van der Waals surface area (Å²) in [6, 6.07) is 0.470.